The van der Waals surface area contributed by atoms with E-state index in [0.717, 1.165) is 21.3 Å². The second kappa shape index (κ2) is 4.93. The lowest BCUT2D eigenvalue weighted by molar-refractivity contribution is 0.564. The molecule has 0 bridgehead atoms. The van der Waals surface area contributed by atoms with E-state index in [9.17, 15) is 0 Å². The van der Waals surface area contributed by atoms with Gasteiger partial charge in [0.05, 0.1) is 10.2 Å². The topological polar surface area (TPSA) is 51.8 Å². The number of nitrogen functional groups attached to an aromatic ring is 1. The average Bonchev–Trinajstić information content (AvgIpc) is 2.31. The van der Waals surface area contributed by atoms with Crippen molar-refractivity contribution in [3.05, 3.63) is 40.0 Å². The van der Waals surface area contributed by atoms with E-state index in [0.29, 0.717) is 11.6 Å². The number of aromatic nitrogens is 2. The van der Waals surface area contributed by atoms with Gasteiger partial charge in [0.15, 0.2) is 5.82 Å². The minimum atomic E-state index is -0.0900. The summed E-state index contributed by atoms with van der Waals surface area (Å²) in [5.74, 6) is 1.17. The fourth-order valence-electron chi connectivity index (χ4n) is 1.91. The summed E-state index contributed by atoms with van der Waals surface area (Å²) in [6.45, 7) is 8.39. The lowest BCUT2D eigenvalue weighted by atomic mass is 9.91. The number of nitrogens with zero attached hydrogens (tertiary/aromatic N) is 2. The molecule has 1 heterocycles. The molecule has 0 amide bonds. The van der Waals surface area contributed by atoms with Crippen molar-refractivity contribution in [2.45, 2.75) is 33.1 Å². The van der Waals surface area contributed by atoms with Crippen molar-refractivity contribution in [3.8, 4) is 11.4 Å². The molecule has 2 N–H and O–H groups in total. The molecule has 0 aliphatic carbocycles. The van der Waals surface area contributed by atoms with Crippen molar-refractivity contribution < 1.29 is 0 Å². The van der Waals surface area contributed by atoms with Gasteiger partial charge in [0.2, 0.25) is 0 Å². The van der Waals surface area contributed by atoms with Crippen LogP contribution in [0.25, 0.3) is 11.4 Å². The Morgan fingerprint density at radius 2 is 1.74 bits per heavy atom. The van der Waals surface area contributed by atoms with Crippen LogP contribution in [0, 0.1) is 6.92 Å². The summed E-state index contributed by atoms with van der Waals surface area (Å²) in [6.07, 6.45) is 0. The molecule has 0 unspecified atom stereocenters. The molecule has 0 aliphatic heterocycles. The maximum Gasteiger partial charge on any atom is 0.162 e. The fourth-order valence-corrected chi connectivity index (χ4v) is 2.68. The quantitative estimate of drug-likeness (QED) is 0.861. The molecule has 0 atom stereocenters. The maximum absolute atomic E-state index is 6.01. The minimum absolute atomic E-state index is 0.0900. The van der Waals surface area contributed by atoms with E-state index >= 15 is 0 Å². The zero-order chi connectivity index (χ0) is 14.2. The van der Waals surface area contributed by atoms with Gasteiger partial charge in [-0.05, 0) is 28.4 Å². The van der Waals surface area contributed by atoms with Gasteiger partial charge in [0.1, 0.15) is 5.82 Å². The Balaban J connectivity index is 2.68. The first-order chi connectivity index (χ1) is 8.80. The highest BCUT2D eigenvalue weighted by molar-refractivity contribution is 9.10. The normalized spacial score (nSPS) is 11.6. The molecule has 100 valence electrons. The molecule has 1 aromatic heterocycles. The van der Waals surface area contributed by atoms with Crippen molar-refractivity contribution in [3.63, 3.8) is 0 Å². The Labute approximate surface area is 122 Å². The van der Waals surface area contributed by atoms with E-state index in [1.54, 1.807) is 0 Å². The van der Waals surface area contributed by atoms with E-state index in [2.05, 4.69) is 41.7 Å². The van der Waals surface area contributed by atoms with E-state index < -0.39 is 0 Å². The number of hydrogen-bond donors (Lipinski definition) is 1. The molecule has 0 spiro atoms. The van der Waals surface area contributed by atoms with Crippen LogP contribution in [0.1, 0.15) is 32.0 Å². The van der Waals surface area contributed by atoms with Crippen LogP contribution in [0.5, 0.6) is 0 Å². The predicted molar refractivity (Wildman–Crippen MR) is 83.0 cm³/mol. The third-order valence-electron chi connectivity index (χ3n) is 2.97. The van der Waals surface area contributed by atoms with Gasteiger partial charge in [-0.3, -0.25) is 0 Å². The molecule has 2 aromatic rings. The summed E-state index contributed by atoms with van der Waals surface area (Å²) in [6, 6.07) is 8.06. The third-order valence-corrected chi connectivity index (χ3v) is 3.76. The molecular formula is C15H18BrN3. The second-order valence-electron chi connectivity index (χ2n) is 5.66. The van der Waals surface area contributed by atoms with Crippen molar-refractivity contribution in [1.29, 1.82) is 0 Å². The first-order valence-corrected chi connectivity index (χ1v) is 6.99. The third kappa shape index (κ3) is 2.78. The minimum Gasteiger partial charge on any atom is -0.383 e. The molecule has 19 heavy (non-hydrogen) atoms. The SMILES string of the molecule is Cc1ccccc1-c1nc(N)c(Br)c(C(C)(C)C)n1. The van der Waals surface area contributed by atoms with Gasteiger partial charge in [-0.2, -0.15) is 0 Å². The predicted octanol–water partition coefficient (Wildman–Crippen LogP) is 4.09. The smallest absolute Gasteiger partial charge is 0.162 e. The van der Waals surface area contributed by atoms with Crippen LogP contribution in [0.15, 0.2) is 28.7 Å². The lowest BCUT2D eigenvalue weighted by Gasteiger charge is -2.21. The van der Waals surface area contributed by atoms with Crippen molar-refractivity contribution in [1.82, 2.24) is 9.97 Å². The van der Waals surface area contributed by atoms with Gasteiger partial charge in [-0.1, -0.05) is 45.0 Å². The highest BCUT2D eigenvalue weighted by Crippen LogP contribution is 2.33. The molecule has 1 aromatic carbocycles. The molecule has 0 saturated heterocycles. The Morgan fingerprint density at radius 1 is 1.11 bits per heavy atom. The van der Waals surface area contributed by atoms with E-state index in [1.165, 1.54) is 0 Å². The average molecular weight is 320 g/mol. The summed E-state index contributed by atoms with van der Waals surface area (Å²) in [5.41, 5.74) is 9.01. The monoisotopic (exact) mass is 319 g/mol. The van der Waals surface area contributed by atoms with Gasteiger partial charge in [-0.15, -0.1) is 0 Å². The number of aryl methyl sites for hydroxylation is 1. The first-order valence-electron chi connectivity index (χ1n) is 6.20. The summed E-state index contributed by atoms with van der Waals surface area (Å²) in [7, 11) is 0. The molecule has 4 heteroatoms. The number of rotatable bonds is 1. The molecular weight excluding hydrogens is 302 g/mol. The Bertz CT molecular complexity index is 615. The largest absolute Gasteiger partial charge is 0.383 e. The van der Waals surface area contributed by atoms with Crippen molar-refractivity contribution in [2.24, 2.45) is 0 Å². The molecule has 0 fully saturated rings. The van der Waals surface area contributed by atoms with Crippen LogP contribution in [0.3, 0.4) is 0 Å². The first kappa shape index (κ1) is 14.0. The van der Waals surface area contributed by atoms with Gasteiger partial charge in [-0.25, -0.2) is 9.97 Å². The standard InChI is InChI=1S/C15H18BrN3/c1-9-7-5-6-8-10(9)14-18-12(15(2,3)4)11(16)13(17)19-14/h5-8H,1-4H3,(H2,17,18,19). The number of benzene rings is 1. The summed E-state index contributed by atoms with van der Waals surface area (Å²) in [5, 5.41) is 0. The van der Waals surface area contributed by atoms with Gasteiger partial charge in [0, 0.05) is 11.0 Å². The Morgan fingerprint density at radius 3 is 2.32 bits per heavy atom. The molecule has 0 aliphatic rings. The zero-order valence-corrected chi connectivity index (χ0v) is 13.2. The highest BCUT2D eigenvalue weighted by atomic mass is 79.9. The van der Waals surface area contributed by atoms with Gasteiger partial charge in [0.25, 0.3) is 0 Å². The fraction of sp³-hybridized carbons (Fsp3) is 0.333. The van der Waals surface area contributed by atoms with Crippen LogP contribution < -0.4 is 5.73 Å². The van der Waals surface area contributed by atoms with Gasteiger partial charge < -0.3 is 5.73 Å². The summed E-state index contributed by atoms with van der Waals surface area (Å²) in [4.78, 5) is 9.10. The highest BCUT2D eigenvalue weighted by Gasteiger charge is 2.23. The molecule has 0 radical (unpaired) electrons. The van der Waals surface area contributed by atoms with Crippen LogP contribution in [0.4, 0.5) is 5.82 Å². The molecule has 3 nitrogen and oxygen atoms in total. The lowest BCUT2D eigenvalue weighted by Crippen LogP contribution is -2.17. The van der Waals surface area contributed by atoms with Crippen LogP contribution in [0.2, 0.25) is 0 Å². The van der Waals surface area contributed by atoms with Crippen LogP contribution >= 0.6 is 15.9 Å². The van der Waals surface area contributed by atoms with E-state index in [-0.39, 0.29) is 5.41 Å². The Kier molecular flexibility index (Phi) is 3.63. The second-order valence-corrected chi connectivity index (χ2v) is 6.45. The summed E-state index contributed by atoms with van der Waals surface area (Å²) < 4.78 is 0.789. The number of halogens is 1. The zero-order valence-electron chi connectivity index (χ0n) is 11.7. The van der Waals surface area contributed by atoms with Crippen molar-refractivity contribution in [2.75, 3.05) is 5.73 Å². The van der Waals surface area contributed by atoms with Crippen molar-refractivity contribution >= 4 is 21.7 Å². The maximum atomic E-state index is 6.01. The number of hydrogen-bond acceptors (Lipinski definition) is 3. The Hall–Kier alpha value is -1.42. The number of anilines is 1. The van der Waals surface area contributed by atoms with E-state index in [1.807, 2.05) is 31.2 Å². The van der Waals surface area contributed by atoms with Gasteiger partial charge >= 0.3 is 0 Å². The molecule has 0 saturated carbocycles. The van der Waals surface area contributed by atoms with E-state index in [4.69, 9.17) is 10.7 Å². The summed E-state index contributed by atoms with van der Waals surface area (Å²) >= 11 is 3.49. The molecule has 2 rings (SSSR count). The van der Waals surface area contributed by atoms with Crippen LogP contribution in [-0.2, 0) is 5.41 Å². The number of nitrogens with two attached hydrogens (primary N) is 1. The van der Waals surface area contributed by atoms with Crippen LogP contribution in [-0.4, -0.2) is 9.97 Å².